The van der Waals surface area contributed by atoms with E-state index in [1.165, 1.54) is 28.9 Å². The number of nitrogens with zero attached hydrogens (tertiary/aromatic N) is 9. The van der Waals surface area contributed by atoms with Gasteiger partial charge in [0, 0.05) is 81.6 Å². The van der Waals surface area contributed by atoms with Gasteiger partial charge in [0.15, 0.2) is 0 Å². The number of benzene rings is 1. The van der Waals surface area contributed by atoms with Crippen LogP contribution in [-0.4, -0.2) is 123 Å². The number of anilines is 3. The van der Waals surface area contributed by atoms with Gasteiger partial charge < -0.3 is 29.4 Å². The quantitative estimate of drug-likeness (QED) is 0.419. The molecule has 4 aliphatic rings. The van der Waals surface area contributed by atoms with Gasteiger partial charge in [0.1, 0.15) is 5.82 Å². The van der Waals surface area contributed by atoms with Gasteiger partial charge in [0.2, 0.25) is 11.9 Å². The van der Waals surface area contributed by atoms with E-state index in [1.54, 1.807) is 6.08 Å². The molecule has 0 bridgehead atoms. The lowest BCUT2D eigenvalue weighted by Crippen LogP contribution is -2.55. The van der Waals surface area contributed by atoms with E-state index in [0.29, 0.717) is 44.7 Å². The SMILES string of the molecule is CN(C)C/C=C/C(=O)N1CCN(c2nc(N3CCC(N(C)C)C3)nc3c2CCC(N2CCCc4ccccc42)C3)C[C@@H]1CC#N. The number of hydrogen-bond donors (Lipinski definition) is 0. The molecule has 0 N–H and O–H groups in total. The molecule has 2 unspecified atom stereocenters. The highest BCUT2D eigenvalue weighted by Crippen LogP contribution is 2.37. The number of carbonyl (C=O) groups excluding carboxylic acids is 1. The van der Waals surface area contributed by atoms with E-state index in [2.05, 4.69) is 64.0 Å². The Labute approximate surface area is 268 Å². The van der Waals surface area contributed by atoms with Crippen LogP contribution in [0.4, 0.5) is 17.5 Å². The van der Waals surface area contributed by atoms with Crippen molar-refractivity contribution in [3.05, 3.63) is 53.2 Å². The van der Waals surface area contributed by atoms with E-state index in [0.717, 1.165) is 63.5 Å². The van der Waals surface area contributed by atoms with Gasteiger partial charge in [-0.3, -0.25) is 4.79 Å². The first-order chi connectivity index (χ1) is 21.8. The van der Waals surface area contributed by atoms with E-state index in [9.17, 15) is 10.1 Å². The van der Waals surface area contributed by atoms with Crippen LogP contribution in [0.2, 0.25) is 0 Å². The predicted molar refractivity (Wildman–Crippen MR) is 180 cm³/mol. The average molecular weight is 612 g/mol. The number of piperazine rings is 1. The molecule has 1 amide bonds. The maximum absolute atomic E-state index is 13.2. The van der Waals surface area contributed by atoms with Gasteiger partial charge in [-0.05, 0) is 71.9 Å². The highest BCUT2D eigenvalue weighted by atomic mass is 16.2. The summed E-state index contributed by atoms with van der Waals surface area (Å²) in [6.45, 7) is 5.54. The molecular weight excluding hydrogens is 562 g/mol. The number of hydrogen-bond acceptors (Lipinski definition) is 9. The molecule has 6 rings (SSSR count). The second-order valence-electron chi connectivity index (χ2n) is 13.6. The number of amides is 1. The minimum Gasteiger partial charge on any atom is -0.368 e. The van der Waals surface area contributed by atoms with Crippen LogP contribution in [0.5, 0.6) is 0 Å². The number of para-hydroxylation sites is 1. The van der Waals surface area contributed by atoms with E-state index in [4.69, 9.17) is 9.97 Å². The summed E-state index contributed by atoms with van der Waals surface area (Å²) in [5.74, 6) is 1.83. The van der Waals surface area contributed by atoms with Crippen LogP contribution in [0.15, 0.2) is 36.4 Å². The number of rotatable bonds is 8. The van der Waals surface area contributed by atoms with E-state index in [1.807, 2.05) is 30.0 Å². The van der Waals surface area contributed by atoms with Crippen molar-refractivity contribution in [3.63, 3.8) is 0 Å². The third-order valence-corrected chi connectivity index (χ3v) is 10.1. The van der Waals surface area contributed by atoms with Crippen molar-refractivity contribution in [2.45, 2.75) is 63.1 Å². The van der Waals surface area contributed by atoms with Crippen LogP contribution in [-0.2, 0) is 24.1 Å². The molecule has 1 aromatic heterocycles. The Bertz CT molecular complexity index is 1430. The van der Waals surface area contributed by atoms with Crippen molar-refractivity contribution in [2.24, 2.45) is 0 Å². The molecule has 0 radical (unpaired) electrons. The first-order valence-corrected chi connectivity index (χ1v) is 16.7. The van der Waals surface area contributed by atoms with Crippen molar-refractivity contribution in [2.75, 3.05) is 88.7 Å². The summed E-state index contributed by atoms with van der Waals surface area (Å²) in [6, 6.07) is 12.0. The maximum atomic E-state index is 13.2. The summed E-state index contributed by atoms with van der Waals surface area (Å²) in [7, 11) is 8.28. The zero-order valence-corrected chi connectivity index (χ0v) is 27.5. The number of aromatic nitrogens is 2. The first kappa shape index (κ1) is 31.3. The summed E-state index contributed by atoms with van der Waals surface area (Å²) in [6.07, 6.45) is 10.2. The van der Waals surface area contributed by atoms with Crippen LogP contribution >= 0.6 is 0 Å². The van der Waals surface area contributed by atoms with E-state index in [-0.39, 0.29) is 11.9 Å². The molecule has 2 aromatic rings. The Balaban J connectivity index is 1.29. The standard InChI is InChI=1S/C35H49N9O/c1-39(2)18-8-12-33(45)44-22-21-41(25-29(44)15-17-36)34-30-14-13-27(43-19-7-10-26-9-5-6-11-32(26)43)23-31(30)37-35(38-34)42-20-16-28(24-42)40(3)4/h5-6,8-9,11-12,27-29H,7,10,13-16,18-25H2,1-4H3/b12-8+/t27?,28?,29-/m0/s1. The van der Waals surface area contributed by atoms with Gasteiger partial charge in [-0.1, -0.05) is 24.3 Å². The molecule has 2 fully saturated rings. The molecule has 0 spiro atoms. The fraction of sp³-hybridized carbons (Fsp3) is 0.600. The summed E-state index contributed by atoms with van der Waals surface area (Å²) in [4.78, 5) is 37.3. The van der Waals surface area contributed by atoms with Crippen molar-refractivity contribution in [3.8, 4) is 6.07 Å². The molecular formula is C35H49N9O. The molecule has 1 aliphatic carbocycles. The lowest BCUT2D eigenvalue weighted by molar-refractivity contribution is -0.128. The number of aryl methyl sites for hydroxylation is 1. The highest BCUT2D eigenvalue weighted by molar-refractivity contribution is 5.88. The van der Waals surface area contributed by atoms with Gasteiger partial charge in [0.25, 0.3) is 0 Å². The monoisotopic (exact) mass is 611 g/mol. The number of fused-ring (bicyclic) bond motifs is 2. The topological polar surface area (TPSA) is 86.1 Å². The first-order valence-electron chi connectivity index (χ1n) is 16.7. The molecule has 240 valence electrons. The van der Waals surface area contributed by atoms with Crippen LogP contribution in [0, 0.1) is 11.3 Å². The van der Waals surface area contributed by atoms with Gasteiger partial charge in [-0.25, -0.2) is 4.98 Å². The lowest BCUT2D eigenvalue weighted by Gasteiger charge is -2.43. The fourth-order valence-corrected chi connectivity index (χ4v) is 7.60. The third-order valence-electron chi connectivity index (χ3n) is 10.1. The molecule has 10 heteroatoms. The van der Waals surface area contributed by atoms with Crippen LogP contribution < -0.4 is 14.7 Å². The molecule has 45 heavy (non-hydrogen) atoms. The lowest BCUT2D eigenvalue weighted by atomic mass is 9.88. The average Bonchev–Trinajstić information content (AvgIpc) is 3.55. The smallest absolute Gasteiger partial charge is 0.246 e. The number of carbonyl (C=O) groups is 1. The van der Waals surface area contributed by atoms with Gasteiger partial charge in [-0.2, -0.15) is 10.2 Å². The Morgan fingerprint density at radius 2 is 1.87 bits per heavy atom. The number of likely N-dealkylation sites (N-methyl/N-ethyl adjacent to an activating group) is 2. The molecule has 10 nitrogen and oxygen atoms in total. The molecule has 4 heterocycles. The van der Waals surface area contributed by atoms with Crippen LogP contribution in [0.25, 0.3) is 0 Å². The minimum absolute atomic E-state index is 0.0152. The second-order valence-corrected chi connectivity index (χ2v) is 13.6. The van der Waals surface area contributed by atoms with Gasteiger partial charge in [0.05, 0.1) is 24.2 Å². The van der Waals surface area contributed by atoms with Crippen LogP contribution in [0.1, 0.15) is 42.5 Å². The zero-order valence-electron chi connectivity index (χ0n) is 27.5. The van der Waals surface area contributed by atoms with Crippen molar-refractivity contribution < 1.29 is 4.79 Å². The Morgan fingerprint density at radius 1 is 1.02 bits per heavy atom. The Kier molecular flexibility index (Phi) is 9.57. The molecule has 2 saturated heterocycles. The Hall–Kier alpha value is -3.68. The van der Waals surface area contributed by atoms with Crippen molar-refractivity contribution in [1.29, 1.82) is 5.26 Å². The summed E-state index contributed by atoms with van der Waals surface area (Å²) in [5, 5.41) is 9.72. The van der Waals surface area contributed by atoms with Crippen LogP contribution in [0.3, 0.4) is 0 Å². The summed E-state index contributed by atoms with van der Waals surface area (Å²) in [5.41, 5.74) is 5.27. The van der Waals surface area contributed by atoms with Crippen molar-refractivity contribution in [1.82, 2.24) is 24.7 Å². The zero-order chi connectivity index (χ0) is 31.5. The van der Waals surface area contributed by atoms with Crippen molar-refractivity contribution >= 4 is 23.4 Å². The maximum Gasteiger partial charge on any atom is 0.246 e. The van der Waals surface area contributed by atoms with E-state index < -0.39 is 0 Å². The third kappa shape index (κ3) is 6.80. The summed E-state index contributed by atoms with van der Waals surface area (Å²) >= 11 is 0. The largest absolute Gasteiger partial charge is 0.368 e. The number of nitriles is 1. The fourth-order valence-electron chi connectivity index (χ4n) is 7.60. The highest BCUT2D eigenvalue weighted by Gasteiger charge is 2.36. The van der Waals surface area contributed by atoms with Gasteiger partial charge in [-0.15, -0.1) is 0 Å². The molecule has 0 saturated carbocycles. The van der Waals surface area contributed by atoms with Gasteiger partial charge >= 0.3 is 0 Å². The Morgan fingerprint density at radius 3 is 2.64 bits per heavy atom. The summed E-state index contributed by atoms with van der Waals surface area (Å²) < 4.78 is 0. The molecule has 3 atom stereocenters. The minimum atomic E-state index is -0.180. The predicted octanol–water partition coefficient (Wildman–Crippen LogP) is 2.98. The van der Waals surface area contributed by atoms with E-state index >= 15 is 0 Å². The molecule has 3 aliphatic heterocycles. The molecule has 1 aromatic carbocycles. The normalized spacial score (nSPS) is 23.5. The second kappa shape index (κ2) is 13.8.